The molecule has 0 aliphatic carbocycles. The Morgan fingerprint density at radius 2 is 1.84 bits per heavy atom. The number of benzene rings is 2. The Kier molecular flexibility index (Phi) is 9.54. The monoisotopic (exact) mass is 547 g/mol. The van der Waals surface area contributed by atoms with Crippen molar-refractivity contribution in [1.29, 1.82) is 0 Å². The number of nitrogens with one attached hydrogen (secondary N) is 2. The number of para-hydroxylation sites is 1. The summed E-state index contributed by atoms with van der Waals surface area (Å²) < 4.78 is 5.23. The molecule has 8 nitrogen and oxygen atoms in total. The molecule has 2 aliphatic heterocycles. The molecule has 2 aromatic rings. The number of carbonyl (C=O) groups excluding carboxylic acids is 2. The van der Waals surface area contributed by atoms with Gasteiger partial charge in [-0.1, -0.05) is 47.5 Å². The van der Waals surface area contributed by atoms with E-state index >= 15 is 0 Å². The SMILES string of the molecule is COC[C@H](C)NCc1ccccc1N1CCN(C(=O)C(Cc2ccc(Cl)cc2Cl)N2CCNC2=O)CC1. The van der Waals surface area contributed by atoms with Crippen LogP contribution >= 0.6 is 23.2 Å². The van der Waals surface area contributed by atoms with Gasteiger partial charge in [-0.25, -0.2) is 4.79 Å². The number of ether oxygens (including phenoxy) is 1. The lowest BCUT2D eigenvalue weighted by Crippen LogP contribution is -2.56. The van der Waals surface area contributed by atoms with Gasteiger partial charge in [0.25, 0.3) is 0 Å². The molecule has 10 heteroatoms. The highest BCUT2D eigenvalue weighted by Crippen LogP contribution is 2.26. The molecule has 2 saturated heterocycles. The lowest BCUT2D eigenvalue weighted by molar-refractivity contribution is -0.136. The first-order chi connectivity index (χ1) is 17.9. The minimum atomic E-state index is -0.619. The Morgan fingerprint density at radius 3 is 2.51 bits per heavy atom. The van der Waals surface area contributed by atoms with Crippen LogP contribution in [0.3, 0.4) is 0 Å². The van der Waals surface area contributed by atoms with Gasteiger partial charge in [-0.15, -0.1) is 0 Å². The van der Waals surface area contributed by atoms with Crippen molar-refractivity contribution >= 4 is 40.8 Å². The number of hydrogen-bond acceptors (Lipinski definition) is 5. The van der Waals surface area contributed by atoms with Crippen molar-refractivity contribution < 1.29 is 14.3 Å². The highest BCUT2D eigenvalue weighted by atomic mass is 35.5. The highest BCUT2D eigenvalue weighted by Gasteiger charge is 2.37. The van der Waals surface area contributed by atoms with E-state index in [0.717, 1.165) is 25.2 Å². The van der Waals surface area contributed by atoms with E-state index in [1.54, 1.807) is 24.1 Å². The molecule has 2 heterocycles. The lowest BCUT2D eigenvalue weighted by Gasteiger charge is -2.39. The summed E-state index contributed by atoms with van der Waals surface area (Å²) in [7, 11) is 1.71. The molecule has 0 saturated carbocycles. The van der Waals surface area contributed by atoms with Crippen LogP contribution in [0.2, 0.25) is 10.0 Å². The van der Waals surface area contributed by atoms with Gasteiger partial charge in [0.2, 0.25) is 5.91 Å². The Labute approximate surface area is 228 Å². The Bertz CT molecular complexity index is 1090. The van der Waals surface area contributed by atoms with E-state index in [9.17, 15) is 9.59 Å². The summed E-state index contributed by atoms with van der Waals surface area (Å²) in [6.45, 7) is 7.12. The lowest BCUT2D eigenvalue weighted by atomic mass is 10.0. The predicted molar refractivity (Wildman–Crippen MR) is 147 cm³/mol. The topological polar surface area (TPSA) is 77.2 Å². The first-order valence-corrected chi connectivity index (χ1v) is 13.5. The highest BCUT2D eigenvalue weighted by molar-refractivity contribution is 6.35. The second kappa shape index (κ2) is 12.8. The molecule has 2 aliphatic rings. The standard InChI is InChI=1S/C27H35Cl2N5O3/c1-19(18-37-2)31-17-21-5-3-4-6-24(21)32-11-13-33(14-12-32)26(35)25(34-10-9-30-27(34)36)15-20-7-8-22(28)16-23(20)29/h3-8,16,19,25,31H,9-15,17-18H2,1-2H3,(H,30,36)/t19-,25?/m0/s1. The van der Waals surface area contributed by atoms with Crippen LogP contribution in [0.15, 0.2) is 42.5 Å². The number of hydrogen-bond donors (Lipinski definition) is 2. The van der Waals surface area contributed by atoms with Crippen molar-refractivity contribution in [1.82, 2.24) is 20.4 Å². The molecule has 3 amide bonds. The van der Waals surface area contributed by atoms with Crippen molar-refractivity contribution in [3.05, 3.63) is 63.6 Å². The van der Waals surface area contributed by atoms with Crippen molar-refractivity contribution in [3.8, 4) is 0 Å². The zero-order chi connectivity index (χ0) is 26.4. The zero-order valence-electron chi connectivity index (χ0n) is 21.4. The smallest absolute Gasteiger partial charge is 0.318 e. The molecule has 0 spiro atoms. The van der Waals surface area contributed by atoms with Crippen molar-refractivity contribution in [2.45, 2.75) is 32.0 Å². The number of methoxy groups -OCH3 is 1. The molecule has 200 valence electrons. The fourth-order valence-electron chi connectivity index (χ4n) is 4.95. The fourth-order valence-corrected chi connectivity index (χ4v) is 5.44. The van der Waals surface area contributed by atoms with Crippen LogP contribution in [0.25, 0.3) is 0 Å². The summed E-state index contributed by atoms with van der Waals surface area (Å²) in [5.74, 6) is -0.0499. The molecule has 2 fully saturated rings. The molecular formula is C27H35Cl2N5O3. The molecule has 2 aromatic carbocycles. The van der Waals surface area contributed by atoms with Crippen molar-refractivity contribution in [2.75, 3.05) is 57.9 Å². The third kappa shape index (κ3) is 6.87. The Balaban J connectivity index is 1.44. The number of anilines is 1. The quantitative estimate of drug-likeness (QED) is 0.476. The first kappa shape index (κ1) is 27.5. The van der Waals surface area contributed by atoms with Gasteiger partial charge in [0.15, 0.2) is 0 Å². The van der Waals surface area contributed by atoms with E-state index in [4.69, 9.17) is 27.9 Å². The molecule has 4 rings (SSSR count). The van der Waals surface area contributed by atoms with E-state index < -0.39 is 6.04 Å². The first-order valence-electron chi connectivity index (χ1n) is 12.7. The maximum absolute atomic E-state index is 13.8. The summed E-state index contributed by atoms with van der Waals surface area (Å²) in [6, 6.07) is 13.0. The van der Waals surface area contributed by atoms with E-state index in [0.29, 0.717) is 49.3 Å². The third-order valence-corrected chi connectivity index (χ3v) is 7.55. The molecule has 0 radical (unpaired) electrons. The van der Waals surface area contributed by atoms with Crippen LogP contribution in [-0.2, 0) is 22.5 Å². The van der Waals surface area contributed by atoms with Crippen LogP contribution in [0.5, 0.6) is 0 Å². The van der Waals surface area contributed by atoms with Gasteiger partial charge in [0, 0.05) is 81.1 Å². The van der Waals surface area contributed by atoms with Gasteiger partial charge < -0.3 is 30.1 Å². The Hall–Kier alpha value is -2.52. The molecule has 0 bridgehead atoms. The van der Waals surface area contributed by atoms with Crippen LogP contribution in [0.4, 0.5) is 10.5 Å². The van der Waals surface area contributed by atoms with E-state index in [1.807, 2.05) is 17.0 Å². The Morgan fingerprint density at radius 1 is 1.08 bits per heavy atom. The van der Waals surface area contributed by atoms with E-state index in [-0.39, 0.29) is 18.0 Å². The van der Waals surface area contributed by atoms with E-state index in [2.05, 4.69) is 40.7 Å². The molecule has 37 heavy (non-hydrogen) atoms. The largest absolute Gasteiger partial charge is 0.383 e. The fraction of sp³-hybridized carbons (Fsp3) is 0.481. The van der Waals surface area contributed by atoms with Crippen LogP contribution in [0.1, 0.15) is 18.1 Å². The zero-order valence-corrected chi connectivity index (χ0v) is 22.9. The second-order valence-corrected chi connectivity index (χ2v) is 10.4. The number of piperazine rings is 1. The average molecular weight is 549 g/mol. The van der Waals surface area contributed by atoms with E-state index in [1.165, 1.54) is 11.3 Å². The molecule has 2 N–H and O–H groups in total. The van der Waals surface area contributed by atoms with Gasteiger partial charge in [-0.3, -0.25) is 4.79 Å². The average Bonchev–Trinajstić information content (AvgIpc) is 3.32. The number of halogens is 2. The van der Waals surface area contributed by atoms with Crippen molar-refractivity contribution in [3.63, 3.8) is 0 Å². The summed E-state index contributed by atoms with van der Waals surface area (Å²) in [5, 5.41) is 7.37. The summed E-state index contributed by atoms with van der Waals surface area (Å²) >= 11 is 12.5. The molecule has 0 aromatic heterocycles. The van der Waals surface area contributed by atoms with Crippen LogP contribution in [0, 0.1) is 0 Å². The minimum absolute atomic E-state index is 0.0499. The molecule has 1 unspecified atom stereocenters. The normalized spacial score (nSPS) is 17.6. The van der Waals surface area contributed by atoms with Crippen LogP contribution < -0.4 is 15.5 Å². The summed E-state index contributed by atoms with van der Waals surface area (Å²) in [4.78, 5) is 32.1. The maximum Gasteiger partial charge on any atom is 0.318 e. The van der Waals surface area contributed by atoms with Crippen LogP contribution in [-0.4, -0.2) is 86.8 Å². The van der Waals surface area contributed by atoms with Gasteiger partial charge in [-0.05, 0) is 36.2 Å². The van der Waals surface area contributed by atoms with Gasteiger partial charge in [-0.2, -0.15) is 0 Å². The number of carbonyl (C=O) groups is 2. The van der Waals surface area contributed by atoms with Gasteiger partial charge in [0.05, 0.1) is 6.61 Å². The number of rotatable bonds is 10. The number of urea groups is 1. The van der Waals surface area contributed by atoms with Crippen molar-refractivity contribution in [2.24, 2.45) is 0 Å². The summed E-state index contributed by atoms with van der Waals surface area (Å²) in [5.41, 5.74) is 3.19. The van der Waals surface area contributed by atoms with Gasteiger partial charge in [0.1, 0.15) is 6.04 Å². The second-order valence-electron chi connectivity index (χ2n) is 9.56. The maximum atomic E-state index is 13.8. The minimum Gasteiger partial charge on any atom is -0.383 e. The van der Waals surface area contributed by atoms with Gasteiger partial charge >= 0.3 is 6.03 Å². The molecule has 2 atom stereocenters. The predicted octanol–water partition coefficient (Wildman–Crippen LogP) is 3.40. The number of amides is 3. The third-order valence-electron chi connectivity index (χ3n) is 6.96. The summed E-state index contributed by atoms with van der Waals surface area (Å²) in [6.07, 6.45) is 0.344. The molecular weight excluding hydrogens is 513 g/mol. The number of nitrogens with zero attached hydrogens (tertiary/aromatic N) is 3.